The first-order valence-corrected chi connectivity index (χ1v) is 14.6. The molecular weight excluding hydrogens is 628 g/mol. The first-order chi connectivity index (χ1) is 21.3. The number of fused-ring (bicyclic) bond motifs is 1. The average Bonchev–Trinajstić information content (AvgIpc) is 3.64. The highest BCUT2D eigenvalue weighted by molar-refractivity contribution is 6.28. The molecule has 6 heterocycles. The lowest BCUT2D eigenvalue weighted by molar-refractivity contribution is -0.138. The molecule has 17 heteroatoms. The molecule has 0 radical (unpaired) electrons. The molecule has 0 aromatic carbocycles. The third-order valence-corrected chi connectivity index (χ3v) is 8.31. The molecule has 0 aliphatic carbocycles. The van der Waals surface area contributed by atoms with E-state index in [4.69, 9.17) is 16.3 Å². The van der Waals surface area contributed by atoms with E-state index in [0.29, 0.717) is 43.2 Å². The Morgan fingerprint density at radius 1 is 0.911 bits per heavy atom. The maximum atomic E-state index is 13.3. The van der Waals surface area contributed by atoms with E-state index < -0.39 is 29.5 Å². The minimum absolute atomic E-state index is 0.0101. The fourth-order valence-electron chi connectivity index (χ4n) is 5.89. The third-order valence-electron chi connectivity index (χ3n) is 8.14. The molecule has 6 rings (SSSR count). The molecule has 4 aromatic rings. The predicted octanol–water partition coefficient (Wildman–Crippen LogP) is 5.57. The van der Waals surface area contributed by atoms with Crippen molar-refractivity contribution in [1.29, 1.82) is 0 Å². The highest BCUT2D eigenvalue weighted by Gasteiger charge is 2.39. The van der Waals surface area contributed by atoms with Gasteiger partial charge in [0, 0.05) is 44.2 Å². The van der Waals surface area contributed by atoms with E-state index in [1.54, 1.807) is 4.68 Å². The number of nitrogens with zero attached hydrogens (tertiary/aromatic N) is 9. The second kappa shape index (κ2) is 11.9. The molecule has 3 atom stereocenters. The number of halogens is 7. The Morgan fingerprint density at radius 2 is 1.56 bits per heavy atom. The summed E-state index contributed by atoms with van der Waals surface area (Å²) in [7, 11) is 0. The molecule has 0 spiro atoms. The Balaban J connectivity index is 1.33. The van der Waals surface area contributed by atoms with Crippen molar-refractivity contribution >= 4 is 28.6 Å². The van der Waals surface area contributed by atoms with E-state index in [1.165, 1.54) is 12.1 Å². The number of rotatable bonds is 6. The Morgan fingerprint density at radius 3 is 2.09 bits per heavy atom. The van der Waals surface area contributed by atoms with Crippen molar-refractivity contribution in [3.05, 3.63) is 64.5 Å². The zero-order valence-corrected chi connectivity index (χ0v) is 24.9. The van der Waals surface area contributed by atoms with Crippen molar-refractivity contribution in [2.24, 2.45) is 0 Å². The van der Waals surface area contributed by atoms with Crippen molar-refractivity contribution in [3.63, 3.8) is 0 Å². The summed E-state index contributed by atoms with van der Waals surface area (Å²) in [5.74, 6) is 0.472. The topological polar surface area (TPSA) is 98.0 Å². The molecule has 2 aliphatic rings. The number of hydrogen-bond acceptors (Lipinski definition) is 9. The highest BCUT2D eigenvalue weighted by atomic mass is 35.5. The van der Waals surface area contributed by atoms with Gasteiger partial charge in [0.25, 0.3) is 0 Å². The van der Waals surface area contributed by atoms with Crippen LogP contribution in [0.5, 0.6) is 0 Å². The largest absolute Gasteiger partial charge is 0.417 e. The number of aromatic nitrogens is 7. The lowest BCUT2D eigenvalue weighted by Gasteiger charge is -2.47. The van der Waals surface area contributed by atoms with Crippen LogP contribution in [0.1, 0.15) is 55.2 Å². The van der Waals surface area contributed by atoms with Gasteiger partial charge < -0.3 is 9.64 Å². The molecule has 240 valence electrons. The summed E-state index contributed by atoms with van der Waals surface area (Å²) in [6.07, 6.45) is -5.92. The molecular formula is C28H28ClF6N9O. The van der Waals surface area contributed by atoms with Gasteiger partial charge in [0.05, 0.1) is 41.2 Å². The van der Waals surface area contributed by atoms with Gasteiger partial charge >= 0.3 is 12.4 Å². The lowest BCUT2D eigenvalue weighted by atomic mass is 9.99. The highest BCUT2D eigenvalue weighted by Crippen LogP contribution is 2.37. The van der Waals surface area contributed by atoms with Crippen LogP contribution < -0.4 is 4.90 Å². The van der Waals surface area contributed by atoms with Gasteiger partial charge in [-0.05, 0) is 62.6 Å². The van der Waals surface area contributed by atoms with Gasteiger partial charge in [0.2, 0.25) is 5.28 Å². The number of pyridine rings is 2. The van der Waals surface area contributed by atoms with Crippen molar-refractivity contribution < 1.29 is 31.1 Å². The Kier molecular flexibility index (Phi) is 8.33. The molecule has 10 nitrogen and oxygen atoms in total. The molecule has 0 saturated carbocycles. The van der Waals surface area contributed by atoms with Crippen LogP contribution in [-0.2, 0) is 23.6 Å². The standard InChI is InChI=1S/C28H28ClF6N9O/c1-15-13-43(24-22-25(39-26(29)38-24)44(41-40-22)14-19-4-3-9-45-19)16(2)12-42(15)23(20-7-5-17(10-36-20)27(30,31)32)21-8-6-18(11-37-21)28(33,34)35/h5-8,10-11,15-16,19,23H,3-4,9,12-14H2,1-2H3/t15-,16+,19-/m1/s1. The van der Waals surface area contributed by atoms with Crippen LogP contribution in [0.4, 0.5) is 32.2 Å². The fourth-order valence-corrected chi connectivity index (χ4v) is 6.05. The van der Waals surface area contributed by atoms with Gasteiger partial charge in [0.1, 0.15) is 0 Å². The maximum Gasteiger partial charge on any atom is 0.417 e. The normalized spacial score (nSPS) is 21.7. The quantitative estimate of drug-likeness (QED) is 0.195. The summed E-state index contributed by atoms with van der Waals surface area (Å²) in [6.45, 7) is 5.65. The summed E-state index contributed by atoms with van der Waals surface area (Å²) in [5.41, 5.74) is -0.527. The summed E-state index contributed by atoms with van der Waals surface area (Å²) < 4.78 is 87.2. The molecule has 4 aromatic heterocycles. The second-order valence-corrected chi connectivity index (χ2v) is 11.6. The van der Waals surface area contributed by atoms with Gasteiger partial charge in [-0.3, -0.25) is 14.9 Å². The zero-order chi connectivity index (χ0) is 32.1. The fraction of sp³-hybridized carbons (Fsp3) is 0.500. The van der Waals surface area contributed by atoms with E-state index in [-0.39, 0.29) is 34.9 Å². The van der Waals surface area contributed by atoms with Crippen LogP contribution in [0.2, 0.25) is 5.28 Å². The van der Waals surface area contributed by atoms with E-state index in [2.05, 4.69) is 30.2 Å². The molecule has 0 N–H and O–H groups in total. The number of anilines is 1. The van der Waals surface area contributed by atoms with Crippen molar-refractivity contribution in [3.8, 4) is 0 Å². The van der Waals surface area contributed by atoms with Gasteiger partial charge in [-0.25, -0.2) is 4.68 Å². The lowest BCUT2D eigenvalue weighted by Crippen LogP contribution is -2.58. The predicted molar refractivity (Wildman–Crippen MR) is 150 cm³/mol. The van der Waals surface area contributed by atoms with Crippen LogP contribution in [0.15, 0.2) is 36.7 Å². The number of alkyl halides is 6. The van der Waals surface area contributed by atoms with E-state index in [0.717, 1.165) is 37.4 Å². The van der Waals surface area contributed by atoms with E-state index >= 15 is 0 Å². The summed E-state index contributed by atoms with van der Waals surface area (Å²) in [6, 6.07) is 2.88. The zero-order valence-electron chi connectivity index (χ0n) is 24.1. The van der Waals surface area contributed by atoms with Crippen molar-refractivity contribution in [2.75, 3.05) is 24.6 Å². The first-order valence-electron chi connectivity index (χ1n) is 14.3. The number of piperazine rings is 1. The Labute approximate surface area is 258 Å². The monoisotopic (exact) mass is 655 g/mol. The minimum Gasteiger partial charge on any atom is -0.376 e. The van der Waals surface area contributed by atoms with Crippen molar-refractivity contribution in [1.82, 2.24) is 39.8 Å². The first kappa shape index (κ1) is 31.4. The van der Waals surface area contributed by atoms with Crippen LogP contribution in [-0.4, -0.2) is 77.7 Å². The molecule has 2 aliphatic heterocycles. The Hall–Kier alpha value is -3.63. The molecule has 0 bridgehead atoms. The Bertz CT molecular complexity index is 1580. The van der Waals surface area contributed by atoms with Gasteiger partial charge in [-0.15, -0.1) is 5.10 Å². The van der Waals surface area contributed by atoms with Gasteiger partial charge in [-0.1, -0.05) is 5.21 Å². The molecule has 2 saturated heterocycles. The molecule has 2 fully saturated rings. The third kappa shape index (κ3) is 6.40. The molecule has 45 heavy (non-hydrogen) atoms. The van der Waals surface area contributed by atoms with E-state index in [9.17, 15) is 26.3 Å². The smallest absolute Gasteiger partial charge is 0.376 e. The molecule has 0 amide bonds. The molecule has 0 unspecified atom stereocenters. The SMILES string of the molecule is C[C@@H]1CN(c2nc(Cl)nc3c2nnn3C[C@H]2CCCO2)[C@@H](C)CN1C(c1ccc(C(F)(F)F)cn1)c1ccc(C(F)(F)F)cn1. The van der Waals surface area contributed by atoms with Crippen molar-refractivity contribution in [2.45, 2.75) is 69.8 Å². The van der Waals surface area contributed by atoms with Crippen LogP contribution in [0.3, 0.4) is 0 Å². The van der Waals surface area contributed by atoms with Crippen LogP contribution in [0, 0.1) is 0 Å². The van der Waals surface area contributed by atoms with Crippen LogP contribution in [0.25, 0.3) is 11.2 Å². The van der Waals surface area contributed by atoms with Crippen LogP contribution >= 0.6 is 11.6 Å². The summed E-state index contributed by atoms with van der Waals surface area (Å²) >= 11 is 6.37. The maximum absolute atomic E-state index is 13.3. The second-order valence-electron chi connectivity index (χ2n) is 11.3. The number of ether oxygens (including phenoxy) is 1. The average molecular weight is 656 g/mol. The number of hydrogen-bond donors (Lipinski definition) is 0. The van der Waals surface area contributed by atoms with E-state index in [1.807, 2.05) is 23.6 Å². The van der Waals surface area contributed by atoms with Gasteiger partial charge in [0.15, 0.2) is 17.0 Å². The minimum atomic E-state index is -4.60. The summed E-state index contributed by atoms with van der Waals surface area (Å²) in [4.78, 5) is 21.0. The summed E-state index contributed by atoms with van der Waals surface area (Å²) in [5, 5.41) is 8.65. The van der Waals surface area contributed by atoms with Gasteiger partial charge in [-0.2, -0.15) is 36.3 Å².